The Morgan fingerprint density at radius 2 is 0.867 bits per heavy atom. The number of alkyl halides is 2. The first-order valence-corrected chi connectivity index (χ1v) is 14.6. The fourth-order valence-corrected chi connectivity index (χ4v) is 7.02. The number of benzene rings is 7. The summed E-state index contributed by atoms with van der Waals surface area (Å²) in [6, 6.07) is 40.8. The lowest BCUT2D eigenvalue weighted by Crippen LogP contribution is -1.93. The summed E-state index contributed by atoms with van der Waals surface area (Å²) < 4.78 is 29.7. The lowest BCUT2D eigenvalue weighted by Gasteiger charge is -2.21. The monoisotopic (exact) mass is 580 g/mol. The number of fused-ring (bicyclic) bond motifs is 4. The van der Waals surface area contributed by atoms with Gasteiger partial charge in [0.15, 0.2) is 11.4 Å². The van der Waals surface area contributed by atoms with Gasteiger partial charge in [0.05, 0.1) is 13.1 Å². The van der Waals surface area contributed by atoms with Crippen molar-refractivity contribution in [3.63, 3.8) is 0 Å². The van der Waals surface area contributed by atoms with E-state index in [4.69, 9.17) is 13.1 Å². The van der Waals surface area contributed by atoms with Crippen LogP contribution < -0.4 is 0 Å². The van der Waals surface area contributed by atoms with Gasteiger partial charge in [0.2, 0.25) is 0 Å². The highest BCUT2D eigenvalue weighted by Gasteiger charge is 2.33. The molecule has 0 radical (unpaired) electrons. The first kappa shape index (κ1) is 26.5. The number of halogens is 2. The minimum absolute atomic E-state index is 0.0000730. The minimum Gasteiger partial charge on any atom is -0.250 e. The standard InChI is InChI=1S/C41H22F2N2/c1-44-33-22-31-32(23-34(33)45-2)36(26-16-10-5-11-17-26)40-29-20-21-30(41(42)43)37-27(24-12-6-3-7-13-24)18-19-28(38(29)37)39(40)35(31)25-14-8-4-9-15-25/h3-23,41H. The predicted molar refractivity (Wildman–Crippen MR) is 180 cm³/mol. The van der Waals surface area contributed by atoms with Crippen LogP contribution in [0.1, 0.15) is 12.0 Å². The molecule has 0 spiro atoms. The van der Waals surface area contributed by atoms with Gasteiger partial charge in [-0.2, -0.15) is 0 Å². The maximum absolute atomic E-state index is 14.8. The molecule has 0 aliphatic heterocycles. The Kier molecular flexibility index (Phi) is 6.05. The van der Waals surface area contributed by atoms with E-state index < -0.39 is 6.43 Å². The summed E-state index contributed by atoms with van der Waals surface area (Å²) in [6.07, 6.45) is -2.66. The van der Waals surface area contributed by atoms with Gasteiger partial charge in [-0.3, -0.25) is 9.69 Å². The molecule has 0 amide bonds. The fourth-order valence-electron chi connectivity index (χ4n) is 7.02. The van der Waals surface area contributed by atoms with Crippen molar-refractivity contribution in [1.29, 1.82) is 0 Å². The van der Waals surface area contributed by atoms with Crippen molar-refractivity contribution >= 4 is 32.9 Å². The highest BCUT2D eigenvalue weighted by molar-refractivity contribution is 6.29. The molecule has 7 aromatic rings. The summed E-state index contributed by atoms with van der Waals surface area (Å²) in [4.78, 5) is 7.46. The summed E-state index contributed by atoms with van der Waals surface area (Å²) in [6.45, 7) is 15.8. The topological polar surface area (TPSA) is 8.72 Å². The minimum atomic E-state index is -2.66. The van der Waals surface area contributed by atoms with Crippen molar-refractivity contribution < 1.29 is 8.78 Å². The molecule has 0 saturated heterocycles. The Morgan fingerprint density at radius 3 is 1.31 bits per heavy atom. The van der Waals surface area contributed by atoms with Gasteiger partial charge < -0.3 is 0 Å². The third-order valence-corrected chi connectivity index (χ3v) is 8.82. The summed E-state index contributed by atoms with van der Waals surface area (Å²) in [5.41, 5.74) is 9.62. The number of hydrogen-bond acceptors (Lipinski definition) is 0. The van der Waals surface area contributed by atoms with Gasteiger partial charge in [0.1, 0.15) is 0 Å². The van der Waals surface area contributed by atoms with Crippen molar-refractivity contribution in [2.24, 2.45) is 0 Å². The van der Waals surface area contributed by atoms with Gasteiger partial charge in [-0.05, 0) is 77.2 Å². The van der Waals surface area contributed by atoms with E-state index in [9.17, 15) is 8.78 Å². The van der Waals surface area contributed by atoms with Gasteiger partial charge in [-0.25, -0.2) is 8.78 Å². The molecule has 0 aromatic heterocycles. The zero-order valence-electron chi connectivity index (χ0n) is 23.9. The average Bonchev–Trinajstić information content (AvgIpc) is 3.42. The first-order valence-electron chi connectivity index (χ1n) is 14.6. The van der Waals surface area contributed by atoms with Crippen molar-refractivity contribution in [3.05, 3.63) is 156 Å². The second-order valence-corrected chi connectivity index (χ2v) is 11.1. The largest absolute Gasteiger partial charge is 0.264 e. The number of hydrogen-bond donors (Lipinski definition) is 0. The molecule has 210 valence electrons. The van der Waals surface area contributed by atoms with Crippen LogP contribution in [0.2, 0.25) is 0 Å². The van der Waals surface area contributed by atoms with Crippen LogP contribution in [-0.2, 0) is 0 Å². The number of rotatable bonds is 4. The molecule has 0 bridgehead atoms. The van der Waals surface area contributed by atoms with Crippen LogP contribution in [-0.4, -0.2) is 0 Å². The van der Waals surface area contributed by atoms with E-state index in [2.05, 4.69) is 15.8 Å². The maximum Gasteiger partial charge on any atom is 0.264 e. The van der Waals surface area contributed by atoms with Gasteiger partial charge in [-0.15, -0.1) is 0 Å². The summed E-state index contributed by atoms with van der Waals surface area (Å²) >= 11 is 0. The van der Waals surface area contributed by atoms with Crippen molar-refractivity contribution in [2.45, 2.75) is 6.43 Å². The van der Waals surface area contributed by atoms with Crippen LogP contribution in [0.4, 0.5) is 20.2 Å². The third-order valence-electron chi connectivity index (χ3n) is 8.82. The number of nitrogens with zero attached hydrogens (tertiary/aromatic N) is 2. The average molecular weight is 581 g/mol. The molecule has 0 unspecified atom stereocenters. The highest BCUT2D eigenvalue weighted by atomic mass is 19.3. The molecular formula is C41H22F2N2. The van der Waals surface area contributed by atoms with E-state index in [1.807, 2.05) is 115 Å². The van der Waals surface area contributed by atoms with Crippen LogP contribution in [0.15, 0.2) is 127 Å². The lowest BCUT2D eigenvalue weighted by molar-refractivity contribution is 0.153. The molecule has 4 heteroatoms. The summed E-state index contributed by atoms with van der Waals surface area (Å²) in [5.74, 6) is 0. The zero-order valence-corrected chi connectivity index (χ0v) is 23.9. The Bertz CT molecular complexity index is 2290. The molecule has 0 heterocycles. The molecule has 0 fully saturated rings. The van der Waals surface area contributed by atoms with Gasteiger partial charge >= 0.3 is 0 Å². The van der Waals surface area contributed by atoms with Crippen LogP contribution >= 0.6 is 0 Å². The molecule has 1 aliphatic rings. The van der Waals surface area contributed by atoms with Crippen LogP contribution in [0.5, 0.6) is 0 Å². The third kappa shape index (κ3) is 3.90. The van der Waals surface area contributed by atoms with Crippen molar-refractivity contribution in [3.8, 4) is 55.6 Å². The lowest BCUT2D eigenvalue weighted by atomic mass is 9.82. The predicted octanol–water partition coefficient (Wildman–Crippen LogP) is 12.7. The van der Waals surface area contributed by atoms with Crippen molar-refractivity contribution in [2.75, 3.05) is 0 Å². The van der Waals surface area contributed by atoms with Crippen molar-refractivity contribution in [1.82, 2.24) is 0 Å². The van der Waals surface area contributed by atoms with Gasteiger partial charge in [0, 0.05) is 5.56 Å². The van der Waals surface area contributed by atoms with Crippen LogP contribution in [0.25, 0.3) is 86.9 Å². The molecule has 2 nitrogen and oxygen atoms in total. The van der Waals surface area contributed by atoms with Gasteiger partial charge in [-0.1, -0.05) is 127 Å². The van der Waals surface area contributed by atoms with Crippen LogP contribution in [0.3, 0.4) is 0 Å². The zero-order chi connectivity index (χ0) is 30.7. The molecule has 8 rings (SSSR count). The molecule has 0 atom stereocenters. The maximum atomic E-state index is 14.8. The smallest absolute Gasteiger partial charge is 0.250 e. The van der Waals surface area contributed by atoms with E-state index in [0.29, 0.717) is 5.39 Å². The normalized spacial score (nSPS) is 11.5. The summed E-state index contributed by atoms with van der Waals surface area (Å²) in [5, 5.41) is 3.04. The Hall–Kier alpha value is -6.10. The molecular weight excluding hydrogens is 558 g/mol. The molecule has 0 saturated carbocycles. The van der Waals surface area contributed by atoms with Crippen LogP contribution in [0, 0.1) is 13.1 Å². The van der Waals surface area contributed by atoms with E-state index >= 15 is 0 Å². The fraction of sp³-hybridized carbons (Fsp3) is 0.0244. The highest BCUT2D eigenvalue weighted by Crippen LogP contribution is 2.60. The van der Waals surface area contributed by atoms with E-state index in [1.165, 1.54) is 0 Å². The van der Waals surface area contributed by atoms with Gasteiger partial charge in [0.25, 0.3) is 6.43 Å². The second kappa shape index (κ2) is 10.3. The van der Waals surface area contributed by atoms with E-state index in [1.54, 1.807) is 6.07 Å². The van der Waals surface area contributed by atoms with E-state index in [0.717, 1.165) is 71.8 Å². The molecule has 0 N–H and O–H groups in total. The molecule has 7 aromatic carbocycles. The van der Waals surface area contributed by atoms with E-state index in [-0.39, 0.29) is 16.9 Å². The Balaban J connectivity index is 1.64. The molecule has 1 aliphatic carbocycles. The second-order valence-electron chi connectivity index (χ2n) is 11.1. The summed E-state index contributed by atoms with van der Waals surface area (Å²) in [7, 11) is 0. The Morgan fingerprint density at radius 1 is 0.444 bits per heavy atom. The Labute approximate surface area is 259 Å². The first-order chi connectivity index (χ1) is 22.1. The molecule has 45 heavy (non-hydrogen) atoms. The quantitative estimate of drug-likeness (QED) is 0.183. The SMILES string of the molecule is [C-]#[N+]c1cc2c(-c3ccccc3)c3c(c(-c4ccccc4)c2cc1[N+]#[C-])-c1ccc(C(F)F)c2c(-c4ccccc4)ccc-3c12.